The predicted octanol–water partition coefficient (Wildman–Crippen LogP) is 2.17. The molecule has 26 heavy (non-hydrogen) atoms. The van der Waals surface area contributed by atoms with Crippen molar-refractivity contribution in [1.29, 1.82) is 0 Å². The Morgan fingerprint density at radius 1 is 1.19 bits per heavy atom. The van der Waals surface area contributed by atoms with Crippen LogP contribution in [0.1, 0.15) is 30.2 Å². The van der Waals surface area contributed by atoms with E-state index in [1.165, 1.54) is 12.1 Å². The smallest absolute Gasteiger partial charge is 0.322 e. The molecule has 1 N–H and O–H groups in total. The molecule has 2 heterocycles. The van der Waals surface area contributed by atoms with Crippen LogP contribution in [0.2, 0.25) is 0 Å². The van der Waals surface area contributed by atoms with Crippen LogP contribution < -0.4 is 5.32 Å². The average molecular weight is 375 g/mol. The summed E-state index contributed by atoms with van der Waals surface area (Å²) in [6, 6.07) is 7.64. The van der Waals surface area contributed by atoms with Crippen LogP contribution in [0.3, 0.4) is 0 Å². The number of nitrogens with one attached hydrogen (secondary N) is 1. The third kappa shape index (κ3) is 3.64. The quantitative estimate of drug-likeness (QED) is 0.725. The van der Waals surface area contributed by atoms with E-state index in [0.717, 1.165) is 6.26 Å². The lowest BCUT2D eigenvalue weighted by Gasteiger charge is -2.06. The first kappa shape index (κ1) is 17.8. The summed E-state index contributed by atoms with van der Waals surface area (Å²) >= 11 is 0. The summed E-state index contributed by atoms with van der Waals surface area (Å²) in [5.74, 6) is -0.509. The van der Waals surface area contributed by atoms with Crippen molar-refractivity contribution in [2.75, 3.05) is 11.6 Å². The van der Waals surface area contributed by atoms with Crippen molar-refractivity contribution in [1.82, 2.24) is 20.0 Å². The second-order valence-electron chi connectivity index (χ2n) is 5.91. The van der Waals surface area contributed by atoms with E-state index in [4.69, 9.17) is 4.42 Å². The van der Waals surface area contributed by atoms with Crippen LogP contribution in [0.15, 0.2) is 45.8 Å². The van der Waals surface area contributed by atoms with Gasteiger partial charge in [-0.05, 0) is 32.0 Å². The SMILES string of the molecule is CC(C)n1ccc(-c2nnc(NC(=O)c3ccccc3S(C)(=O)=O)o2)n1. The van der Waals surface area contributed by atoms with Crippen LogP contribution in [0.5, 0.6) is 0 Å². The Labute approximate surface area is 150 Å². The molecule has 1 aromatic carbocycles. The molecule has 0 saturated heterocycles. The molecule has 2 aromatic heterocycles. The zero-order valence-corrected chi connectivity index (χ0v) is 15.2. The van der Waals surface area contributed by atoms with Crippen LogP contribution in [0, 0.1) is 0 Å². The minimum atomic E-state index is -3.55. The molecular weight excluding hydrogens is 358 g/mol. The number of aromatic nitrogens is 4. The first-order valence-electron chi connectivity index (χ1n) is 7.75. The molecule has 10 heteroatoms. The molecule has 1 amide bonds. The third-order valence-electron chi connectivity index (χ3n) is 3.53. The van der Waals surface area contributed by atoms with E-state index in [2.05, 4.69) is 20.6 Å². The summed E-state index contributed by atoms with van der Waals surface area (Å²) in [5, 5.41) is 14.3. The first-order valence-corrected chi connectivity index (χ1v) is 9.64. The van der Waals surface area contributed by atoms with E-state index in [1.807, 2.05) is 13.8 Å². The summed E-state index contributed by atoms with van der Waals surface area (Å²) in [7, 11) is -3.55. The van der Waals surface area contributed by atoms with E-state index < -0.39 is 15.7 Å². The van der Waals surface area contributed by atoms with Gasteiger partial charge in [0, 0.05) is 18.5 Å². The standard InChI is InChI=1S/C16H17N5O4S/c1-10(2)21-9-8-12(20-21)15-18-19-16(25-15)17-14(22)11-6-4-5-7-13(11)26(3,23)24/h4-10H,1-3H3,(H,17,19,22). The van der Waals surface area contributed by atoms with Gasteiger partial charge in [0.2, 0.25) is 0 Å². The second kappa shape index (κ2) is 6.71. The zero-order valence-electron chi connectivity index (χ0n) is 14.4. The fourth-order valence-corrected chi connectivity index (χ4v) is 3.14. The maximum absolute atomic E-state index is 12.4. The van der Waals surface area contributed by atoms with Crippen LogP contribution >= 0.6 is 0 Å². The topological polar surface area (TPSA) is 120 Å². The van der Waals surface area contributed by atoms with Gasteiger partial charge >= 0.3 is 6.01 Å². The minimum absolute atomic E-state index is 0.00108. The van der Waals surface area contributed by atoms with Crippen molar-refractivity contribution in [3.8, 4) is 11.6 Å². The number of anilines is 1. The van der Waals surface area contributed by atoms with E-state index in [1.54, 1.807) is 29.1 Å². The molecule has 0 saturated carbocycles. The Hall–Kier alpha value is -3.01. The van der Waals surface area contributed by atoms with E-state index in [0.29, 0.717) is 5.69 Å². The highest BCUT2D eigenvalue weighted by atomic mass is 32.2. The summed E-state index contributed by atoms with van der Waals surface area (Å²) in [6.07, 6.45) is 2.82. The third-order valence-corrected chi connectivity index (χ3v) is 4.69. The van der Waals surface area contributed by atoms with Crippen molar-refractivity contribution in [2.45, 2.75) is 24.8 Å². The lowest BCUT2D eigenvalue weighted by Crippen LogP contribution is -2.16. The van der Waals surface area contributed by atoms with Crippen molar-refractivity contribution in [3.05, 3.63) is 42.1 Å². The molecule has 0 spiro atoms. The highest BCUT2D eigenvalue weighted by Gasteiger charge is 2.20. The van der Waals surface area contributed by atoms with Gasteiger partial charge in [-0.1, -0.05) is 17.2 Å². The molecule has 0 aliphatic heterocycles. The molecule has 0 aliphatic rings. The molecule has 0 radical (unpaired) electrons. The second-order valence-corrected chi connectivity index (χ2v) is 7.89. The summed E-state index contributed by atoms with van der Waals surface area (Å²) < 4.78 is 30.8. The Morgan fingerprint density at radius 2 is 1.92 bits per heavy atom. The largest absolute Gasteiger partial charge is 0.401 e. The highest BCUT2D eigenvalue weighted by Crippen LogP contribution is 2.21. The highest BCUT2D eigenvalue weighted by molar-refractivity contribution is 7.90. The number of rotatable bonds is 5. The monoisotopic (exact) mass is 375 g/mol. The Balaban J connectivity index is 1.83. The Kier molecular flexibility index (Phi) is 4.60. The van der Waals surface area contributed by atoms with Crippen molar-refractivity contribution >= 4 is 21.8 Å². The lowest BCUT2D eigenvalue weighted by molar-refractivity contribution is 0.102. The normalized spacial score (nSPS) is 11.7. The molecular formula is C16H17N5O4S. The zero-order chi connectivity index (χ0) is 18.9. The van der Waals surface area contributed by atoms with Crippen molar-refractivity contribution in [2.24, 2.45) is 0 Å². The van der Waals surface area contributed by atoms with Gasteiger partial charge in [-0.3, -0.25) is 14.8 Å². The molecule has 3 aromatic rings. The number of hydrogen-bond donors (Lipinski definition) is 1. The van der Waals surface area contributed by atoms with Crippen LogP contribution in [-0.4, -0.2) is 40.6 Å². The van der Waals surface area contributed by atoms with Gasteiger partial charge in [0.05, 0.1) is 10.5 Å². The molecule has 0 bridgehead atoms. The number of carbonyl (C=O) groups excluding carboxylic acids is 1. The number of amides is 1. The number of benzene rings is 1. The predicted molar refractivity (Wildman–Crippen MR) is 93.4 cm³/mol. The van der Waals surface area contributed by atoms with E-state index in [9.17, 15) is 13.2 Å². The minimum Gasteiger partial charge on any atom is -0.401 e. The number of nitrogens with zero attached hydrogens (tertiary/aromatic N) is 4. The molecule has 136 valence electrons. The van der Waals surface area contributed by atoms with Gasteiger partial charge in [-0.2, -0.15) is 5.10 Å². The average Bonchev–Trinajstić information content (AvgIpc) is 3.23. The first-order chi connectivity index (χ1) is 12.3. The summed E-state index contributed by atoms with van der Waals surface area (Å²) in [4.78, 5) is 12.3. The fourth-order valence-electron chi connectivity index (χ4n) is 2.26. The van der Waals surface area contributed by atoms with Gasteiger partial charge < -0.3 is 4.42 Å². The lowest BCUT2D eigenvalue weighted by atomic mass is 10.2. The molecule has 9 nitrogen and oxygen atoms in total. The summed E-state index contributed by atoms with van der Waals surface area (Å²) in [5.41, 5.74) is 0.474. The van der Waals surface area contributed by atoms with E-state index in [-0.39, 0.29) is 28.4 Å². The maximum Gasteiger partial charge on any atom is 0.322 e. The molecule has 3 rings (SSSR count). The molecule has 0 aliphatic carbocycles. The molecule has 0 atom stereocenters. The van der Waals surface area contributed by atoms with Gasteiger partial charge in [-0.25, -0.2) is 8.42 Å². The van der Waals surface area contributed by atoms with Crippen LogP contribution in [0.25, 0.3) is 11.6 Å². The number of carbonyl (C=O) groups is 1. The molecule has 0 fully saturated rings. The fraction of sp³-hybridized carbons (Fsp3) is 0.250. The van der Waals surface area contributed by atoms with Crippen LogP contribution in [-0.2, 0) is 9.84 Å². The Bertz CT molecular complexity index is 1050. The maximum atomic E-state index is 12.4. The van der Waals surface area contributed by atoms with Crippen molar-refractivity contribution in [3.63, 3.8) is 0 Å². The molecule has 0 unspecified atom stereocenters. The van der Waals surface area contributed by atoms with Crippen LogP contribution in [0.4, 0.5) is 6.01 Å². The van der Waals surface area contributed by atoms with Gasteiger partial charge in [0.1, 0.15) is 5.69 Å². The number of sulfone groups is 1. The van der Waals surface area contributed by atoms with Crippen molar-refractivity contribution < 1.29 is 17.6 Å². The Morgan fingerprint density at radius 3 is 2.58 bits per heavy atom. The van der Waals surface area contributed by atoms with Gasteiger partial charge in [-0.15, -0.1) is 5.10 Å². The van der Waals surface area contributed by atoms with Gasteiger partial charge in [0.25, 0.3) is 11.8 Å². The summed E-state index contributed by atoms with van der Waals surface area (Å²) in [6.45, 7) is 3.96. The number of hydrogen-bond acceptors (Lipinski definition) is 7. The van der Waals surface area contributed by atoms with E-state index >= 15 is 0 Å². The van der Waals surface area contributed by atoms with Gasteiger partial charge in [0.15, 0.2) is 9.84 Å².